The average Bonchev–Trinajstić information content (AvgIpc) is 2.57. The fourth-order valence-electron chi connectivity index (χ4n) is 2.85. The van der Waals surface area contributed by atoms with Crippen LogP contribution in [0.1, 0.15) is 29.3 Å². The molecule has 1 amide bonds. The van der Waals surface area contributed by atoms with Crippen molar-refractivity contribution in [2.24, 2.45) is 5.41 Å². The molecule has 1 saturated heterocycles. The SMILES string of the molecule is CC1(C(NC(=O)c2ccc(C#CC#CCCO)cc2)C(=O)O)CS(=O)(=O)C1. The summed E-state index contributed by atoms with van der Waals surface area (Å²) in [6.07, 6.45) is 0.346. The first-order valence-electron chi connectivity index (χ1n) is 8.11. The summed E-state index contributed by atoms with van der Waals surface area (Å²) in [4.78, 5) is 23.9. The zero-order valence-corrected chi connectivity index (χ0v) is 15.5. The van der Waals surface area contributed by atoms with Gasteiger partial charge in [0.1, 0.15) is 6.04 Å². The first-order chi connectivity index (χ1) is 12.7. The van der Waals surface area contributed by atoms with Crippen molar-refractivity contribution in [3.63, 3.8) is 0 Å². The van der Waals surface area contributed by atoms with E-state index < -0.39 is 33.2 Å². The highest BCUT2D eigenvalue weighted by Crippen LogP contribution is 2.36. The molecule has 1 aliphatic heterocycles. The molecule has 3 N–H and O–H groups in total. The van der Waals surface area contributed by atoms with Crippen LogP contribution in [-0.2, 0) is 14.6 Å². The molecule has 1 unspecified atom stereocenters. The lowest BCUT2D eigenvalue weighted by molar-refractivity contribution is -0.142. The van der Waals surface area contributed by atoms with E-state index in [0.717, 1.165) is 0 Å². The van der Waals surface area contributed by atoms with Gasteiger partial charge in [-0.3, -0.25) is 4.79 Å². The summed E-state index contributed by atoms with van der Waals surface area (Å²) in [5, 5.41) is 20.4. The van der Waals surface area contributed by atoms with E-state index in [9.17, 15) is 23.1 Å². The number of hydrogen-bond acceptors (Lipinski definition) is 5. The molecule has 1 atom stereocenters. The Balaban J connectivity index is 2.06. The molecular weight excluding hydrogens is 370 g/mol. The van der Waals surface area contributed by atoms with E-state index in [1.807, 2.05) is 0 Å². The number of aliphatic hydroxyl groups excluding tert-OH is 1. The topological polar surface area (TPSA) is 121 Å². The number of aliphatic carboxylic acids is 1. The van der Waals surface area contributed by atoms with Crippen molar-refractivity contribution < 1.29 is 28.2 Å². The number of rotatable bonds is 5. The standard InChI is InChI=1S/C19H19NO6S/c1-19(12-27(25,26)13-19)16(18(23)24)20-17(22)15-9-7-14(8-10-15)6-4-2-3-5-11-21/h7-10,16,21H,5,11-13H2,1H3,(H,20,22)(H,23,24). The lowest BCUT2D eigenvalue weighted by Crippen LogP contribution is -2.62. The minimum atomic E-state index is -3.24. The van der Waals surface area contributed by atoms with E-state index in [4.69, 9.17) is 5.11 Å². The van der Waals surface area contributed by atoms with Crippen molar-refractivity contribution >= 4 is 21.7 Å². The van der Waals surface area contributed by atoms with Gasteiger partial charge >= 0.3 is 5.97 Å². The molecule has 1 aliphatic rings. The summed E-state index contributed by atoms with van der Waals surface area (Å²) in [5.74, 6) is 8.22. The van der Waals surface area contributed by atoms with Gasteiger partial charge in [-0.2, -0.15) is 0 Å². The highest BCUT2D eigenvalue weighted by Gasteiger charge is 2.53. The third kappa shape index (κ3) is 5.33. The summed E-state index contributed by atoms with van der Waals surface area (Å²) in [6.45, 7) is 1.50. The third-order valence-corrected chi connectivity index (χ3v) is 6.26. The van der Waals surface area contributed by atoms with Gasteiger partial charge < -0.3 is 15.5 Å². The molecule has 1 aromatic carbocycles. The molecular formula is C19H19NO6S. The summed E-state index contributed by atoms with van der Waals surface area (Å²) in [7, 11) is -3.24. The maximum Gasteiger partial charge on any atom is 0.326 e. The summed E-state index contributed by atoms with van der Waals surface area (Å²) >= 11 is 0. The predicted octanol–water partition coefficient (Wildman–Crippen LogP) is 0.0416. The van der Waals surface area contributed by atoms with Crippen LogP contribution in [0.4, 0.5) is 0 Å². The van der Waals surface area contributed by atoms with E-state index in [1.165, 1.54) is 19.1 Å². The number of benzene rings is 1. The van der Waals surface area contributed by atoms with Crippen LogP contribution in [0.15, 0.2) is 24.3 Å². The highest BCUT2D eigenvalue weighted by atomic mass is 32.2. The molecule has 0 saturated carbocycles. The van der Waals surface area contributed by atoms with Crippen LogP contribution in [0.25, 0.3) is 0 Å². The molecule has 7 nitrogen and oxygen atoms in total. The second-order valence-electron chi connectivity index (χ2n) is 6.53. The molecule has 0 bridgehead atoms. The first kappa shape index (κ1) is 20.5. The zero-order valence-electron chi connectivity index (χ0n) is 14.7. The predicted molar refractivity (Wildman–Crippen MR) is 98.4 cm³/mol. The Kier molecular flexibility index (Phi) is 6.27. The van der Waals surface area contributed by atoms with Gasteiger partial charge in [0.05, 0.1) is 18.1 Å². The number of aliphatic hydroxyl groups is 1. The molecule has 0 spiro atoms. The molecule has 1 aromatic rings. The van der Waals surface area contributed by atoms with E-state index in [1.54, 1.807) is 12.1 Å². The van der Waals surface area contributed by atoms with Gasteiger partial charge in [-0.15, -0.1) is 0 Å². The Morgan fingerprint density at radius 2 is 1.85 bits per heavy atom. The third-order valence-electron chi connectivity index (χ3n) is 4.06. The van der Waals surface area contributed by atoms with Gasteiger partial charge in [0.2, 0.25) is 0 Å². The average molecular weight is 389 g/mol. The largest absolute Gasteiger partial charge is 0.480 e. The first-order valence-corrected chi connectivity index (χ1v) is 9.93. The highest BCUT2D eigenvalue weighted by molar-refractivity contribution is 7.92. The molecule has 27 heavy (non-hydrogen) atoms. The Morgan fingerprint density at radius 3 is 2.37 bits per heavy atom. The number of carboxylic acid groups (broad SMARTS) is 1. The molecule has 0 radical (unpaired) electrons. The number of carbonyl (C=O) groups excluding carboxylic acids is 1. The van der Waals surface area contributed by atoms with E-state index in [2.05, 4.69) is 29.0 Å². The van der Waals surface area contributed by atoms with Gasteiger partial charge in [-0.1, -0.05) is 18.8 Å². The summed E-state index contributed by atoms with van der Waals surface area (Å²) < 4.78 is 22.9. The quantitative estimate of drug-likeness (QED) is 0.612. The maximum atomic E-state index is 12.3. The van der Waals surface area contributed by atoms with Gasteiger partial charge in [-0.05, 0) is 36.1 Å². The minimum absolute atomic E-state index is 0.0270. The van der Waals surface area contributed by atoms with Crippen molar-refractivity contribution in [3.05, 3.63) is 35.4 Å². The van der Waals surface area contributed by atoms with Crippen molar-refractivity contribution in [1.82, 2.24) is 5.32 Å². The summed E-state index contributed by atoms with van der Waals surface area (Å²) in [5.41, 5.74) is -0.167. The van der Waals surface area contributed by atoms with Crippen molar-refractivity contribution in [1.29, 1.82) is 0 Å². The van der Waals surface area contributed by atoms with Crippen LogP contribution in [0, 0.1) is 29.1 Å². The van der Waals surface area contributed by atoms with Gasteiger partial charge in [0, 0.05) is 23.0 Å². The zero-order chi connectivity index (χ0) is 20.1. The number of carboxylic acids is 1. The van der Waals surface area contributed by atoms with Crippen molar-refractivity contribution in [3.8, 4) is 23.7 Å². The fourth-order valence-corrected chi connectivity index (χ4v) is 5.11. The fraction of sp³-hybridized carbons (Fsp3) is 0.368. The number of hydrogen-bond donors (Lipinski definition) is 3. The normalized spacial score (nSPS) is 17.1. The Bertz CT molecular complexity index is 945. The summed E-state index contributed by atoms with van der Waals surface area (Å²) in [6, 6.07) is 4.90. The van der Waals surface area contributed by atoms with Crippen molar-refractivity contribution in [2.45, 2.75) is 19.4 Å². The van der Waals surface area contributed by atoms with Crippen LogP contribution in [0.5, 0.6) is 0 Å². The van der Waals surface area contributed by atoms with E-state index in [0.29, 0.717) is 12.0 Å². The lowest BCUT2D eigenvalue weighted by atomic mass is 9.85. The van der Waals surface area contributed by atoms with Crippen LogP contribution in [-0.4, -0.2) is 54.7 Å². The van der Waals surface area contributed by atoms with Gasteiger partial charge in [0.25, 0.3) is 5.91 Å². The molecule has 8 heteroatoms. The Hall–Kier alpha value is -2.81. The van der Waals surface area contributed by atoms with Gasteiger partial charge in [-0.25, -0.2) is 13.2 Å². The van der Waals surface area contributed by atoms with Gasteiger partial charge in [0.15, 0.2) is 9.84 Å². The number of nitrogens with one attached hydrogen (secondary N) is 1. The molecule has 1 fully saturated rings. The second-order valence-corrected chi connectivity index (χ2v) is 8.60. The van der Waals surface area contributed by atoms with Crippen LogP contribution in [0.3, 0.4) is 0 Å². The maximum absolute atomic E-state index is 12.3. The monoisotopic (exact) mass is 389 g/mol. The number of carbonyl (C=O) groups is 2. The lowest BCUT2D eigenvalue weighted by Gasteiger charge is -2.42. The smallest absolute Gasteiger partial charge is 0.326 e. The van der Waals surface area contributed by atoms with E-state index in [-0.39, 0.29) is 23.7 Å². The second kappa shape index (κ2) is 8.26. The molecule has 0 aromatic heterocycles. The molecule has 1 heterocycles. The molecule has 142 valence electrons. The van der Waals surface area contributed by atoms with Crippen molar-refractivity contribution in [2.75, 3.05) is 18.1 Å². The molecule has 2 rings (SSSR count). The Labute approximate surface area is 157 Å². The van der Waals surface area contributed by atoms with E-state index >= 15 is 0 Å². The van der Waals surface area contributed by atoms with Crippen LogP contribution < -0.4 is 5.32 Å². The van der Waals surface area contributed by atoms with Crippen LogP contribution >= 0.6 is 0 Å². The minimum Gasteiger partial charge on any atom is -0.480 e. The molecule has 0 aliphatic carbocycles. The van der Waals surface area contributed by atoms with Crippen LogP contribution in [0.2, 0.25) is 0 Å². The number of amides is 1. The number of sulfone groups is 1. The Morgan fingerprint density at radius 1 is 1.22 bits per heavy atom.